The molecule has 0 atom stereocenters. The smallest absolute Gasteiger partial charge is 0.287 e. The maximum Gasteiger partial charge on any atom is 0.287 e. The van der Waals surface area contributed by atoms with Crippen LogP contribution in [0.4, 0.5) is 0 Å². The van der Waals surface area contributed by atoms with Gasteiger partial charge < -0.3 is 19.9 Å². The number of phenolic OH excluding ortho intramolecular Hbond substituents is 1. The van der Waals surface area contributed by atoms with Crippen molar-refractivity contribution in [1.29, 1.82) is 0 Å². The molecule has 1 heterocycles. The maximum atomic E-state index is 12.9. The van der Waals surface area contributed by atoms with Crippen LogP contribution in [-0.4, -0.2) is 29.9 Å². The molecule has 3 aromatic carbocycles. The first kappa shape index (κ1) is 22.3. The third kappa shape index (κ3) is 5.69. The van der Waals surface area contributed by atoms with E-state index in [2.05, 4.69) is 38.4 Å². The molecule has 0 bridgehead atoms. The summed E-state index contributed by atoms with van der Waals surface area (Å²) in [6.07, 6.45) is 2.84. The summed E-state index contributed by atoms with van der Waals surface area (Å²) in [5, 5.41) is 16.5. The minimum absolute atomic E-state index is 0.0215. The zero-order chi connectivity index (χ0) is 23.2. The summed E-state index contributed by atoms with van der Waals surface area (Å²) in [5.74, 6) is 0.0932. The molecule has 0 saturated carbocycles. The van der Waals surface area contributed by atoms with Crippen LogP contribution >= 0.6 is 22.6 Å². The fourth-order valence-electron chi connectivity index (χ4n) is 2.96. The number of halogens is 1. The molecule has 2 amide bonds. The van der Waals surface area contributed by atoms with Crippen LogP contribution in [0, 0.1) is 3.57 Å². The summed E-state index contributed by atoms with van der Waals surface area (Å²) in [6, 6.07) is 18.7. The molecule has 0 radical (unpaired) electrons. The number of carbonyl (C=O) groups excluding carboxylic acids is 2. The van der Waals surface area contributed by atoms with E-state index in [0.29, 0.717) is 28.2 Å². The highest BCUT2D eigenvalue weighted by Gasteiger charge is 2.17. The van der Waals surface area contributed by atoms with Crippen LogP contribution < -0.4 is 20.2 Å². The van der Waals surface area contributed by atoms with Crippen LogP contribution in [0.5, 0.6) is 17.2 Å². The highest BCUT2D eigenvalue weighted by Crippen LogP contribution is 2.33. The van der Waals surface area contributed by atoms with Gasteiger partial charge in [-0.15, -0.1) is 0 Å². The van der Waals surface area contributed by atoms with Gasteiger partial charge in [0, 0.05) is 14.7 Å². The Labute approximate surface area is 203 Å². The van der Waals surface area contributed by atoms with Gasteiger partial charge in [0.15, 0.2) is 11.5 Å². The molecule has 8 nitrogen and oxygen atoms in total. The number of hydrogen-bond acceptors (Lipinski definition) is 6. The number of benzene rings is 3. The first-order valence-corrected chi connectivity index (χ1v) is 10.9. The minimum atomic E-state index is -0.640. The fourth-order valence-corrected chi connectivity index (χ4v) is 3.48. The lowest BCUT2D eigenvalue weighted by Crippen LogP contribution is -2.32. The Kier molecular flexibility index (Phi) is 6.89. The summed E-state index contributed by atoms with van der Waals surface area (Å²) < 4.78 is 11.6. The van der Waals surface area contributed by atoms with E-state index in [0.717, 1.165) is 3.57 Å². The molecule has 3 aromatic rings. The quantitative estimate of drug-likeness (QED) is 0.186. The molecule has 1 aliphatic heterocycles. The molecule has 166 valence electrons. The fraction of sp³-hybridized carbons (Fsp3) is 0.0417. The number of phenols is 1. The number of carbonyl (C=O) groups is 2. The van der Waals surface area contributed by atoms with E-state index in [4.69, 9.17) is 9.47 Å². The first-order chi connectivity index (χ1) is 16.0. The second-order valence-electron chi connectivity index (χ2n) is 6.89. The van der Waals surface area contributed by atoms with Gasteiger partial charge in [-0.25, -0.2) is 5.43 Å². The number of fused-ring (bicyclic) bond motifs is 1. The molecule has 0 fully saturated rings. The summed E-state index contributed by atoms with van der Waals surface area (Å²) >= 11 is 2.11. The predicted molar refractivity (Wildman–Crippen MR) is 131 cm³/mol. The Morgan fingerprint density at radius 2 is 1.79 bits per heavy atom. The summed E-state index contributed by atoms with van der Waals surface area (Å²) in [4.78, 5) is 25.5. The Balaban J connectivity index is 1.57. The van der Waals surface area contributed by atoms with Crippen LogP contribution in [0.3, 0.4) is 0 Å². The van der Waals surface area contributed by atoms with Gasteiger partial charge in [0.25, 0.3) is 11.8 Å². The van der Waals surface area contributed by atoms with Crippen molar-refractivity contribution in [3.8, 4) is 17.2 Å². The van der Waals surface area contributed by atoms with Gasteiger partial charge in [-0.3, -0.25) is 9.59 Å². The largest absolute Gasteiger partial charge is 0.507 e. The number of rotatable bonds is 6. The Bertz CT molecular complexity index is 1260. The van der Waals surface area contributed by atoms with Crippen molar-refractivity contribution in [2.45, 2.75) is 0 Å². The first-order valence-electron chi connectivity index (χ1n) is 9.79. The SMILES string of the molecule is O=C(N/N=C\c1cc(I)ccc1O)/C(=C\c1ccc2c(c1)OCO2)NC(=O)c1ccccc1. The lowest BCUT2D eigenvalue weighted by molar-refractivity contribution is -0.117. The van der Waals surface area contributed by atoms with E-state index >= 15 is 0 Å². The molecule has 33 heavy (non-hydrogen) atoms. The molecule has 0 aliphatic carbocycles. The van der Waals surface area contributed by atoms with Crippen molar-refractivity contribution >= 4 is 46.7 Å². The van der Waals surface area contributed by atoms with Gasteiger partial charge in [0.1, 0.15) is 11.4 Å². The van der Waals surface area contributed by atoms with E-state index in [9.17, 15) is 14.7 Å². The molecule has 3 N–H and O–H groups in total. The van der Waals surface area contributed by atoms with Crippen LogP contribution in [0.25, 0.3) is 6.08 Å². The molecule has 0 aromatic heterocycles. The monoisotopic (exact) mass is 555 g/mol. The lowest BCUT2D eigenvalue weighted by atomic mass is 10.1. The zero-order valence-electron chi connectivity index (χ0n) is 17.1. The standard InChI is InChI=1S/C24H18IN3O5/c25-18-7-8-20(29)17(12-18)13-26-28-24(31)19(27-23(30)16-4-2-1-3-5-16)10-15-6-9-21-22(11-15)33-14-32-21/h1-13,29H,14H2,(H,27,30)(H,28,31)/b19-10+,26-13-. The topological polar surface area (TPSA) is 109 Å². The summed E-state index contributed by atoms with van der Waals surface area (Å²) in [5.41, 5.74) is 3.82. The van der Waals surface area contributed by atoms with Crippen LogP contribution in [-0.2, 0) is 4.79 Å². The van der Waals surface area contributed by atoms with Crippen molar-refractivity contribution in [3.05, 3.63) is 92.7 Å². The number of nitrogens with one attached hydrogen (secondary N) is 2. The van der Waals surface area contributed by atoms with Gasteiger partial charge in [-0.1, -0.05) is 24.3 Å². The van der Waals surface area contributed by atoms with Crippen LogP contribution in [0.1, 0.15) is 21.5 Å². The number of ether oxygens (including phenoxy) is 2. The van der Waals surface area contributed by atoms with Crippen LogP contribution in [0.2, 0.25) is 0 Å². The van der Waals surface area contributed by atoms with Gasteiger partial charge in [-0.05, 0) is 76.7 Å². The molecule has 0 saturated heterocycles. The Morgan fingerprint density at radius 3 is 2.61 bits per heavy atom. The molecule has 0 unspecified atom stereocenters. The number of hydrazone groups is 1. The van der Waals surface area contributed by atoms with Gasteiger partial charge >= 0.3 is 0 Å². The Morgan fingerprint density at radius 1 is 1.00 bits per heavy atom. The van der Waals surface area contributed by atoms with E-state index in [-0.39, 0.29) is 18.2 Å². The van der Waals surface area contributed by atoms with E-state index < -0.39 is 11.8 Å². The van der Waals surface area contributed by atoms with Crippen molar-refractivity contribution in [2.24, 2.45) is 5.10 Å². The van der Waals surface area contributed by atoms with E-state index in [1.54, 1.807) is 60.7 Å². The highest BCUT2D eigenvalue weighted by molar-refractivity contribution is 14.1. The van der Waals surface area contributed by atoms with Gasteiger partial charge in [0.05, 0.1) is 6.21 Å². The number of nitrogens with zero attached hydrogens (tertiary/aromatic N) is 1. The predicted octanol–water partition coefficient (Wildman–Crippen LogP) is 3.65. The van der Waals surface area contributed by atoms with Crippen LogP contribution in [0.15, 0.2) is 77.5 Å². The van der Waals surface area contributed by atoms with Gasteiger partial charge in [-0.2, -0.15) is 5.10 Å². The summed E-state index contributed by atoms with van der Waals surface area (Å²) in [7, 11) is 0. The molecule has 4 rings (SSSR count). The normalized spacial score (nSPS) is 12.6. The number of hydrogen-bond donors (Lipinski definition) is 3. The van der Waals surface area contributed by atoms with Crippen molar-refractivity contribution in [2.75, 3.05) is 6.79 Å². The zero-order valence-corrected chi connectivity index (χ0v) is 19.3. The van der Waals surface area contributed by atoms with Crippen molar-refractivity contribution < 1.29 is 24.2 Å². The van der Waals surface area contributed by atoms with E-state index in [1.165, 1.54) is 18.4 Å². The highest BCUT2D eigenvalue weighted by atomic mass is 127. The molecular weight excluding hydrogens is 537 g/mol. The third-order valence-electron chi connectivity index (χ3n) is 4.60. The molecule has 9 heteroatoms. The summed E-state index contributed by atoms with van der Waals surface area (Å²) in [6.45, 7) is 0.126. The number of amides is 2. The second-order valence-corrected chi connectivity index (χ2v) is 8.14. The van der Waals surface area contributed by atoms with Gasteiger partial charge in [0.2, 0.25) is 6.79 Å². The maximum absolute atomic E-state index is 12.9. The molecule has 0 spiro atoms. The lowest BCUT2D eigenvalue weighted by Gasteiger charge is -2.09. The minimum Gasteiger partial charge on any atom is -0.507 e. The second kappa shape index (κ2) is 10.2. The van der Waals surface area contributed by atoms with E-state index in [1.807, 2.05) is 0 Å². The molecule has 1 aliphatic rings. The average Bonchev–Trinajstić information content (AvgIpc) is 3.29. The number of aromatic hydroxyl groups is 1. The average molecular weight is 555 g/mol. The molecular formula is C24H18IN3O5. The Hall–Kier alpha value is -3.86. The van der Waals surface area contributed by atoms with Crippen molar-refractivity contribution in [3.63, 3.8) is 0 Å². The third-order valence-corrected chi connectivity index (χ3v) is 5.27. The van der Waals surface area contributed by atoms with Crippen molar-refractivity contribution in [1.82, 2.24) is 10.7 Å².